The van der Waals surface area contributed by atoms with Crippen molar-refractivity contribution in [1.29, 1.82) is 0 Å². The number of carbonyl (C=O) groups is 1. The van der Waals surface area contributed by atoms with Crippen LogP contribution in [0.15, 0.2) is 40.1 Å². The first kappa shape index (κ1) is 12.8. The lowest BCUT2D eigenvalue weighted by atomic mass is 10.2. The average Bonchev–Trinajstić information content (AvgIpc) is 2.21. The van der Waals surface area contributed by atoms with Gasteiger partial charge in [-0.05, 0) is 37.3 Å². The number of aryl methyl sites for hydroxylation is 1. The molecule has 0 N–H and O–H groups in total. The smallest absolute Gasteiger partial charge is 0.331 e. The van der Waals surface area contributed by atoms with E-state index in [0.29, 0.717) is 6.61 Å². The Morgan fingerprint density at radius 1 is 1.44 bits per heavy atom. The summed E-state index contributed by atoms with van der Waals surface area (Å²) in [7, 11) is 0. The van der Waals surface area contributed by atoms with Gasteiger partial charge in [0, 0.05) is 11.0 Å². The van der Waals surface area contributed by atoms with Crippen LogP contribution in [0.4, 0.5) is 0 Å². The van der Waals surface area contributed by atoms with E-state index in [1.807, 2.05) is 25.1 Å². The third-order valence-electron chi connectivity index (χ3n) is 1.97. The standard InChI is InChI=1S/C13H16O2S/c1-4-15-13(14)9-11(3)16-12-8-6-5-7-10(12)2/h5-9H,4H2,1-3H3/b11-9+. The van der Waals surface area contributed by atoms with E-state index >= 15 is 0 Å². The van der Waals surface area contributed by atoms with Crippen LogP contribution in [0, 0.1) is 6.92 Å². The first-order valence-electron chi connectivity index (χ1n) is 5.22. The summed E-state index contributed by atoms with van der Waals surface area (Å²) in [6, 6.07) is 8.10. The molecule has 0 spiro atoms. The molecule has 3 heteroatoms. The fourth-order valence-electron chi connectivity index (χ4n) is 1.22. The predicted molar refractivity (Wildman–Crippen MR) is 67.4 cm³/mol. The van der Waals surface area contributed by atoms with Gasteiger partial charge >= 0.3 is 5.97 Å². The van der Waals surface area contributed by atoms with E-state index in [2.05, 4.69) is 13.0 Å². The molecular formula is C13H16O2S. The van der Waals surface area contributed by atoms with Crippen LogP contribution in [-0.2, 0) is 9.53 Å². The van der Waals surface area contributed by atoms with Crippen molar-refractivity contribution in [3.8, 4) is 0 Å². The Kier molecular flexibility index (Phi) is 5.12. The Hall–Kier alpha value is -1.22. The van der Waals surface area contributed by atoms with Gasteiger partial charge in [0.2, 0.25) is 0 Å². The van der Waals surface area contributed by atoms with Crippen molar-refractivity contribution >= 4 is 17.7 Å². The molecule has 86 valence electrons. The highest BCUT2D eigenvalue weighted by Crippen LogP contribution is 2.28. The zero-order valence-electron chi connectivity index (χ0n) is 9.82. The second-order valence-electron chi connectivity index (χ2n) is 3.37. The lowest BCUT2D eigenvalue weighted by Crippen LogP contribution is -1.99. The van der Waals surface area contributed by atoms with Crippen LogP contribution in [0.2, 0.25) is 0 Å². The summed E-state index contributed by atoms with van der Waals surface area (Å²) in [6.45, 7) is 6.18. The number of rotatable bonds is 4. The van der Waals surface area contributed by atoms with E-state index in [0.717, 1.165) is 4.91 Å². The van der Waals surface area contributed by atoms with Crippen molar-refractivity contribution in [3.05, 3.63) is 40.8 Å². The van der Waals surface area contributed by atoms with Gasteiger partial charge in [-0.3, -0.25) is 0 Å². The minimum atomic E-state index is -0.277. The van der Waals surface area contributed by atoms with Crippen LogP contribution in [0.5, 0.6) is 0 Å². The van der Waals surface area contributed by atoms with E-state index in [1.54, 1.807) is 18.7 Å². The molecule has 2 nitrogen and oxygen atoms in total. The molecule has 0 aliphatic carbocycles. The van der Waals surface area contributed by atoms with Gasteiger partial charge in [-0.15, -0.1) is 0 Å². The molecule has 0 aromatic heterocycles. The summed E-state index contributed by atoms with van der Waals surface area (Å²) >= 11 is 1.58. The van der Waals surface area contributed by atoms with Crippen molar-refractivity contribution in [2.45, 2.75) is 25.7 Å². The third-order valence-corrected chi connectivity index (χ3v) is 3.09. The van der Waals surface area contributed by atoms with Crippen molar-refractivity contribution < 1.29 is 9.53 Å². The van der Waals surface area contributed by atoms with Crippen LogP contribution < -0.4 is 0 Å². The molecule has 0 unspecified atom stereocenters. The van der Waals surface area contributed by atoms with Crippen molar-refractivity contribution in [1.82, 2.24) is 0 Å². The highest BCUT2D eigenvalue weighted by Gasteiger charge is 2.02. The zero-order chi connectivity index (χ0) is 12.0. The number of thioether (sulfide) groups is 1. The quantitative estimate of drug-likeness (QED) is 0.454. The van der Waals surface area contributed by atoms with E-state index in [4.69, 9.17) is 4.74 Å². The summed E-state index contributed by atoms with van der Waals surface area (Å²) in [5.74, 6) is -0.277. The van der Waals surface area contributed by atoms with E-state index in [-0.39, 0.29) is 5.97 Å². The first-order chi connectivity index (χ1) is 7.63. The summed E-state index contributed by atoms with van der Waals surface area (Å²) in [5.41, 5.74) is 1.21. The molecule has 0 aliphatic rings. The maximum Gasteiger partial charge on any atom is 0.331 e. The fourth-order valence-corrected chi connectivity index (χ4v) is 2.10. The lowest BCUT2D eigenvalue weighted by Gasteiger charge is -2.04. The molecule has 0 bridgehead atoms. The molecule has 0 heterocycles. The summed E-state index contributed by atoms with van der Waals surface area (Å²) in [5, 5.41) is 0. The van der Waals surface area contributed by atoms with E-state index in [9.17, 15) is 4.79 Å². The highest BCUT2D eigenvalue weighted by atomic mass is 32.2. The van der Waals surface area contributed by atoms with Gasteiger partial charge in [0.25, 0.3) is 0 Å². The SMILES string of the molecule is CCOC(=O)/C=C(\C)Sc1ccccc1C. The monoisotopic (exact) mass is 236 g/mol. The topological polar surface area (TPSA) is 26.3 Å². The van der Waals surface area contributed by atoms with E-state index in [1.165, 1.54) is 16.5 Å². The number of allylic oxidation sites excluding steroid dienone is 1. The van der Waals surface area contributed by atoms with Crippen LogP contribution in [0.3, 0.4) is 0 Å². The van der Waals surface area contributed by atoms with Crippen LogP contribution in [0.1, 0.15) is 19.4 Å². The molecule has 0 radical (unpaired) electrons. The number of esters is 1. The molecule has 16 heavy (non-hydrogen) atoms. The van der Waals surface area contributed by atoms with E-state index < -0.39 is 0 Å². The Labute approximate surface area is 101 Å². The maximum atomic E-state index is 11.2. The zero-order valence-corrected chi connectivity index (χ0v) is 10.6. The molecule has 0 saturated heterocycles. The Morgan fingerprint density at radius 3 is 2.75 bits per heavy atom. The van der Waals surface area contributed by atoms with Crippen molar-refractivity contribution in [2.24, 2.45) is 0 Å². The Balaban J connectivity index is 2.67. The molecule has 0 amide bonds. The Morgan fingerprint density at radius 2 is 2.12 bits per heavy atom. The Bertz CT molecular complexity index is 397. The number of hydrogen-bond acceptors (Lipinski definition) is 3. The van der Waals surface area contributed by atoms with Gasteiger partial charge in [0.15, 0.2) is 0 Å². The molecular weight excluding hydrogens is 220 g/mol. The predicted octanol–water partition coefficient (Wildman–Crippen LogP) is 3.55. The molecule has 0 aliphatic heterocycles. The van der Waals surface area contributed by atoms with Gasteiger partial charge < -0.3 is 4.74 Å². The first-order valence-corrected chi connectivity index (χ1v) is 6.03. The van der Waals surface area contributed by atoms with Crippen LogP contribution in [0.25, 0.3) is 0 Å². The third kappa shape index (κ3) is 4.11. The van der Waals surface area contributed by atoms with Crippen LogP contribution >= 0.6 is 11.8 Å². The second-order valence-corrected chi connectivity index (χ2v) is 4.66. The van der Waals surface area contributed by atoms with Crippen LogP contribution in [-0.4, -0.2) is 12.6 Å². The van der Waals surface area contributed by atoms with Gasteiger partial charge in [-0.1, -0.05) is 30.0 Å². The largest absolute Gasteiger partial charge is 0.463 e. The molecule has 0 atom stereocenters. The molecule has 1 rings (SSSR count). The summed E-state index contributed by atoms with van der Waals surface area (Å²) < 4.78 is 4.85. The minimum Gasteiger partial charge on any atom is -0.463 e. The summed E-state index contributed by atoms with van der Waals surface area (Å²) in [6.07, 6.45) is 1.53. The van der Waals surface area contributed by atoms with Gasteiger partial charge in [0.05, 0.1) is 6.61 Å². The van der Waals surface area contributed by atoms with Gasteiger partial charge in [0.1, 0.15) is 0 Å². The average molecular weight is 236 g/mol. The fraction of sp³-hybridized carbons (Fsp3) is 0.308. The van der Waals surface area contributed by atoms with Gasteiger partial charge in [-0.2, -0.15) is 0 Å². The maximum absolute atomic E-state index is 11.2. The highest BCUT2D eigenvalue weighted by molar-refractivity contribution is 8.03. The number of ether oxygens (including phenoxy) is 1. The minimum absolute atomic E-state index is 0.277. The number of benzene rings is 1. The van der Waals surface area contributed by atoms with Crippen molar-refractivity contribution in [2.75, 3.05) is 6.61 Å². The molecule has 1 aromatic rings. The van der Waals surface area contributed by atoms with Crippen molar-refractivity contribution in [3.63, 3.8) is 0 Å². The molecule has 0 fully saturated rings. The number of hydrogen-bond donors (Lipinski definition) is 0. The lowest BCUT2D eigenvalue weighted by molar-refractivity contribution is -0.137. The number of carbonyl (C=O) groups excluding carboxylic acids is 1. The molecule has 1 aromatic carbocycles. The summed E-state index contributed by atoms with van der Waals surface area (Å²) in [4.78, 5) is 13.3. The van der Waals surface area contributed by atoms with Gasteiger partial charge in [-0.25, -0.2) is 4.79 Å². The molecule has 0 saturated carbocycles. The second kappa shape index (κ2) is 6.38. The normalized spacial score (nSPS) is 11.3.